The lowest BCUT2D eigenvalue weighted by atomic mass is 9.91. The Kier molecular flexibility index (Phi) is 4.98. The fourth-order valence-corrected chi connectivity index (χ4v) is 2.74. The van der Waals surface area contributed by atoms with Crippen LogP contribution < -0.4 is 10.6 Å². The van der Waals surface area contributed by atoms with Gasteiger partial charge >= 0.3 is 0 Å². The van der Waals surface area contributed by atoms with E-state index >= 15 is 0 Å². The molecule has 6 heteroatoms. The second kappa shape index (κ2) is 6.74. The molecule has 1 aromatic rings. The lowest BCUT2D eigenvalue weighted by Crippen LogP contribution is -2.44. The standard InChI is InChI=1S/C15H23N3O3/c1-9-8-13(18-21-9)17-15(20)11(3)16-14(19)10(2)12-6-4-5-7-12/h8,10-12H,4-7H2,1-3H3,(H,16,19)(H,17,18,20)/t10?,11-/m1/s1. The molecule has 21 heavy (non-hydrogen) atoms. The Morgan fingerprint density at radius 3 is 2.52 bits per heavy atom. The molecule has 0 aromatic carbocycles. The van der Waals surface area contributed by atoms with Crippen LogP contribution in [0.5, 0.6) is 0 Å². The quantitative estimate of drug-likeness (QED) is 0.872. The topological polar surface area (TPSA) is 84.2 Å². The Hall–Kier alpha value is -1.85. The Morgan fingerprint density at radius 2 is 1.95 bits per heavy atom. The summed E-state index contributed by atoms with van der Waals surface area (Å²) in [7, 11) is 0. The maximum Gasteiger partial charge on any atom is 0.247 e. The van der Waals surface area contributed by atoms with Gasteiger partial charge in [-0.3, -0.25) is 9.59 Å². The Bertz CT molecular complexity index is 506. The van der Waals surface area contributed by atoms with Gasteiger partial charge in [0.05, 0.1) is 0 Å². The van der Waals surface area contributed by atoms with Crippen LogP contribution in [-0.4, -0.2) is 23.0 Å². The second-order valence-electron chi connectivity index (χ2n) is 5.88. The molecule has 1 aliphatic rings. The van der Waals surface area contributed by atoms with Crippen LogP contribution in [0.15, 0.2) is 10.6 Å². The first kappa shape index (κ1) is 15.5. The zero-order valence-corrected chi connectivity index (χ0v) is 12.8. The van der Waals surface area contributed by atoms with E-state index in [4.69, 9.17) is 4.52 Å². The van der Waals surface area contributed by atoms with Crippen molar-refractivity contribution in [3.63, 3.8) is 0 Å². The predicted octanol–water partition coefficient (Wildman–Crippen LogP) is 2.25. The van der Waals surface area contributed by atoms with E-state index in [1.807, 2.05) is 6.92 Å². The predicted molar refractivity (Wildman–Crippen MR) is 78.6 cm³/mol. The van der Waals surface area contributed by atoms with Gasteiger partial charge < -0.3 is 15.2 Å². The van der Waals surface area contributed by atoms with Gasteiger partial charge in [0, 0.05) is 12.0 Å². The Labute approximate surface area is 124 Å². The van der Waals surface area contributed by atoms with Crippen LogP contribution in [0.25, 0.3) is 0 Å². The van der Waals surface area contributed by atoms with Crippen molar-refractivity contribution in [3.05, 3.63) is 11.8 Å². The third-order valence-corrected chi connectivity index (χ3v) is 4.15. The lowest BCUT2D eigenvalue weighted by molar-refractivity contribution is -0.129. The number of nitrogens with one attached hydrogen (secondary N) is 2. The number of hydrogen-bond donors (Lipinski definition) is 2. The van der Waals surface area contributed by atoms with Gasteiger partial charge in [-0.2, -0.15) is 0 Å². The Balaban J connectivity index is 1.83. The fraction of sp³-hybridized carbons (Fsp3) is 0.667. The number of nitrogens with zero attached hydrogens (tertiary/aromatic N) is 1. The largest absolute Gasteiger partial charge is 0.360 e. The van der Waals surface area contributed by atoms with Crippen LogP contribution in [0, 0.1) is 18.8 Å². The highest BCUT2D eigenvalue weighted by Crippen LogP contribution is 2.31. The van der Waals surface area contributed by atoms with Crippen molar-refractivity contribution in [2.75, 3.05) is 5.32 Å². The number of amides is 2. The molecule has 1 aliphatic carbocycles. The first-order valence-electron chi connectivity index (χ1n) is 7.52. The van der Waals surface area contributed by atoms with Gasteiger partial charge in [0.15, 0.2) is 5.82 Å². The maximum absolute atomic E-state index is 12.2. The number of anilines is 1. The highest BCUT2D eigenvalue weighted by atomic mass is 16.5. The minimum Gasteiger partial charge on any atom is -0.360 e. The molecule has 116 valence electrons. The zero-order valence-electron chi connectivity index (χ0n) is 12.8. The van der Waals surface area contributed by atoms with Gasteiger partial charge in [-0.05, 0) is 32.6 Å². The van der Waals surface area contributed by atoms with E-state index in [-0.39, 0.29) is 17.7 Å². The average molecular weight is 293 g/mol. The highest BCUT2D eigenvalue weighted by Gasteiger charge is 2.28. The number of hydrogen-bond acceptors (Lipinski definition) is 4. The summed E-state index contributed by atoms with van der Waals surface area (Å²) >= 11 is 0. The molecule has 2 rings (SSSR count). The third-order valence-electron chi connectivity index (χ3n) is 4.15. The molecule has 0 bridgehead atoms. The summed E-state index contributed by atoms with van der Waals surface area (Å²) in [6.07, 6.45) is 4.61. The minimum atomic E-state index is -0.599. The van der Waals surface area contributed by atoms with Crippen molar-refractivity contribution in [2.45, 2.75) is 52.5 Å². The molecule has 1 aromatic heterocycles. The molecule has 0 aliphatic heterocycles. The van der Waals surface area contributed by atoms with Gasteiger partial charge in [-0.25, -0.2) is 0 Å². The Morgan fingerprint density at radius 1 is 1.29 bits per heavy atom. The van der Waals surface area contributed by atoms with E-state index in [0.717, 1.165) is 12.8 Å². The van der Waals surface area contributed by atoms with Crippen LogP contribution in [-0.2, 0) is 9.59 Å². The highest BCUT2D eigenvalue weighted by molar-refractivity contribution is 5.96. The van der Waals surface area contributed by atoms with E-state index in [1.54, 1.807) is 19.9 Å². The van der Waals surface area contributed by atoms with Crippen LogP contribution in [0.4, 0.5) is 5.82 Å². The molecule has 0 radical (unpaired) electrons. The summed E-state index contributed by atoms with van der Waals surface area (Å²) in [6, 6.07) is 1.03. The second-order valence-corrected chi connectivity index (χ2v) is 5.88. The van der Waals surface area contributed by atoms with E-state index in [9.17, 15) is 9.59 Å². The molecule has 0 spiro atoms. The van der Waals surface area contributed by atoms with Crippen molar-refractivity contribution in [3.8, 4) is 0 Å². The van der Waals surface area contributed by atoms with Crippen molar-refractivity contribution in [1.82, 2.24) is 10.5 Å². The van der Waals surface area contributed by atoms with E-state index in [1.165, 1.54) is 12.8 Å². The van der Waals surface area contributed by atoms with Crippen LogP contribution in [0.2, 0.25) is 0 Å². The van der Waals surface area contributed by atoms with Gasteiger partial charge in [0.25, 0.3) is 0 Å². The van der Waals surface area contributed by atoms with Crippen molar-refractivity contribution in [2.24, 2.45) is 11.8 Å². The maximum atomic E-state index is 12.2. The van der Waals surface area contributed by atoms with Gasteiger partial charge in [-0.15, -0.1) is 0 Å². The molecule has 6 nitrogen and oxygen atoms in total. The molecular formula is C15H23N3O3. The molecule has 2 N–H and O–H groups in total. The SMILES string of the molecule is Cc1cc(NC(=O)[C@@H](C)NC(=O)C(C)C2CCCC2)no1. The van der Waals surface area contributed by atoms with Gasteiger partial charge in [-0.1, -0.05) is 24.9 Å². The van der Waals surface area contributed by atoms with Gasteiger partial charge in [0.1, 0.15) is 11.8 Å². The molecule has 1 fully saturated rings. The molecule has 2 amide bonds. The average Bonchev–Trinajstić information content (AvgIpc) is 3.09. The van der Waals surface area contributed by atoms with E-state index in [0.29, 0.717) is 17.5 Å². The third kappa shape index (κ3) is 4.06. The lowest BCUT2D eigenvalue weighted by Gasteiger charge is -2.20. The fourth-order valence-electron chi connectivity index (χ4n) is 2.74. The summed E-state index contributed by atoms with van der Waals surface area (Å²) < 4.78 is 4.88. The summed E-state index contributed by atoms with van der Waals surface area (Å²) in [5.74, 6) is 1.03. The number of aromatic nitrogens is 1. The van der Waals surface area contributed by atoms with Crippen molar-refractivity contribution in [1.29, 1.82) is 0 Å². The molecule has 1 heterocycles. The number of carbonyl (C=O) groups excluding carboxylic acids is 2. The normalized spacial score (nSPS) is 18.2. The summed E-state index contributed by atoms with van der Waals surface area (Å²) in [6.45, 7) is 5.36. The molecule has 1 unspecified atom stereocenters. The summed E-state index contributed by atoms with van der Waals surface area (Å²) in [5, 5.41) is 9.09. The monoisotopic (exact) mass is 293 g/mol. The molecular weight excluding hydrogens is 270 g/mol. The smallest absolute Gasteiger partial charge is 0.247 e. The van der Waals surface area contributed by atoms with Crippen LogP contribution in [0.1, 0.15) is 45.3 Å². The van der Waals surface area contributed by atoms with Crippen LogP contribution >= 0.6 is 0 Å². The number of carbonyl (C=O) groups is 2. The number of aryl methyl sites for hydroxylation is 1. The zero-order chi connectivity index (χ0) is 15.4. The van der Waals surface area contributed by atoms with E-state index in [2.05, 4.69) is 15.8 Å². The van der Waals surface area contributed by atoms with Crippen LogP contribution in [0.3, 0.4) is 0 Å². The first-order chi connectivity index (χ1) is 9.97. The summed E-state index contributed by atoms with van der Waals surface area (Å²) in [5.41, 5.74) is 0. The molecule has 1 saturated carbocycles. The first-order valence-corrected chi connectivity index (χ1v) is 7.52. The van der Waals surface area contributed by atoms with E-state index < -0.39 is 6.04 Å². The molecule has 2 atom stereocenters. The van der Waals surface area contributed by atoms with Gasteiger partial charge in [0.2, 0.25) is 11.8 Å². The van der Waals surface area contributed by atoms with Crippen molar-refractivity contribution < 1.29 is 14.1 Å². The molecule has 0 saturated heterocycles. The number of rotatable bonds is 5. The minimum absolute atomic E-state index is 0.0444. The summed E-state index contributed by atoms with van der Waals surface area (Å²) in [4.78, 5) is 24.2. The van der Waals surface area contributed by atoms with Crippen molar-refractivity contribution >= 4 is 17.6 Å².